The van der Waals surface area contributed by atoms with Crippen LogP contribution in [0.3, 0.4) is 0 Å². The van der Waals surface area contributed by atoms with Crippen molar-refractivity contribution in [3.05, 3.63) is 47.5 Å². The summed E-state index contributed by atoms with van der Waals surface area (Å²) in [4.78, 5) is 0. The fraction of sp³-hybridized carbons (Fsp3) is 0.400. The van der Waals surface area contributed by atoms with E-state index < -0.39 is 0 Å². The summed E-state index contributed by atoms with van der Waals surface area (Å²) in [6.45, 7) is 4.49. The third-order valence-corrected chi connectivity index (χ3v) is 4.26. The number of ether oxygens (including phenoxy) is 4. The van der Waals surface area contributed by atoms with E-state index in [4.69, 9.17) is 18.9 Å². The lowest BCUT2D eigenvalue weighted by Gasteiger charge is -2.25. The first kappa shape index (κ1) is 17.6. The Morgan fingerprint density at radius 1 is 1.08 bits per heavy atom. The molecule has 1 aliphatic heterocycles. The lowest BCUT2D eigenvalue weighted by atomic mass is 10.1. The summed E-state index contributed by atoms with van der Waals surface area (Å²) in [7, 11) is 3.29. The van der Waals surface area contributed by atoms with E-state index in [1.807, 2.05) is 37.3 Å². The molecule has 5 nitrogen and oxygen atoms in total. The van der Waals surface area contributed by atoms with Crippen LogP contribution in [-0.2, 0) is 11.2 Å². The van der Waals surface area contributed by atoms with Crippen molar-refractivity contribution in [3.8, 4) is 23.0 Å². The first-order chi connectivity index (χ1) is 12.2. The highest BCUT2D eigenvalue weighted by molar-refractivity contribution is 5.52. The average Bonchev–Trinajstić information content (AvgIpc) is 2.65. The molecule has 0 bridgehead atoms. The number of benzene rings is 2. The van der Waals surface area contributed by atoms with Crippen LogP contribution in [0.2, 0.25) is 0 Å². The molecule has 3 rings (SSSR count). The van der Waals surface area contributed by atoms with Crippen molar-refractivity contribution in [2.24, 2.45) is 0 Å². The maximum absolute atomic E-state index is 6.22. The van der Waals surface area contributed by atoms with Gasteiger partial charge in [0.2, 0.25) is 0 Å². The number of rotatable bonds is 6. The quantitative estimate of drug-likeness (QED) is 0.872. The highest BCUT2D eigenvalue weighted by Gasteiger charge is 2.20. The van der Waals surface area contributed by atoms with Crippen LogP contribution in [0.5, 0.6) is 23.0 Å². The fourth-order valence-corrected chi connectivity index (χ4v) is 2.96. The van der Waals surface area contributed by atoms with E-state index in [1.165, 1.54) is 0 Å². The van der Waals surface area contributed by atoms with Gasteiger partial charge in [0.1, 0.15) is 0 Å². The minimum absolute atomic E-state index is 0.128. The molecular formula is C20H25NO4. The Labute approximate surface area is 148 Å². The second kappa shape index (κ2) is 8.23. The van der Waals surface area contributed by atoms with Crippen LogP contribution < -0.4 is 19.5 Å². The number of para-hydroxylation sites is 1. The number of methoxy groups -OCH3 is 2. The van der Waals surface area contributed by atoms with Crippen molar-refractivity contribution >= 4 is 0 Å². The molecule has 1 fully saturated rings. The number of morpholine rings is 1. The zero-order valence-electron chi connectivity index (χ0n) is 15.0. The molecule has 0 radical (unpaired) electrons. The van der Waals surface area contributed by atoms with Gasteiger partial charge in [0.15, 0.2) is 23.0 Å². The maximum Gasteiger partial charge on any atom is 0.172 e. The van der Waals surface area contributed by atoms with E-state index in [9.17, 15) is 0 Å². The number of hydrogen-bond acceptors (Lipinski definition) is 5. The minimum Gasteiger partial charge on any atom is -0.493 e. The average molecular weight is 343 g/mol. The lowest BCUT2D eigenvalue weighted by molar-refractivity contribution is 0.0289. The SMILES string of the molecule is COc1cc(C)ccc1Oc1c(C[C@H]2CNCCO2)cccc1OC. The Kier molecular flexibility index (Phi) is 5.79. The summed E-state index contributed by atoms with van der Waals surface area (Å²) >= 11 is 0. The van der Waals surface area contributed by atoms with Gasteiger partial charge in [-0.15, -0.1) is 0 Å². The zero-order valence-corrected chi connectivity index (χ0v) is 15.0. The predicted molar refractivity (Wildman–Crippen MR) is 97.1 cm³/mol. The van der Waals surface area contributed by atoms with Crippen LogP contribution in [-0.4, -0.2) is 40.0 Å². The lowest BCUT2D eigenvalue weighted by Crippen LogP contribution is -2.39. The van der Waals surface area contributed by atoms with Crippen LogP contribution in [0.1, 0.15) is 11.1 Å². The summed E-state index contributed by atoms with van der Waals surface area (Å²) in [5, 5.41) is 3.36. The first-order valence-electron chi connectivity index (χ1n) is 8.52. The Morgan fingerprint density at radius 3 is 2.64 bits per heavy atom. The van der Waals surface area contributed by atoms with Gasteiger partial charge in [-0.3, -0.25) is 0 Å². The van der Waals surface area contributed by atoms with Crippen molar-refractivity contribution in [2.75, 3.05) is 33.9 Å². The van der Waals surface area contributed by atoms with Gasteiger partial charge in [0, 0.05) is 25.1 Å². The van der Waals surface area contributed by atoms with Gasteiger partial charge in [0.05, 0.1) is 26.9 Å². The van der Waals surface area contributed by atoms with Crippen molar-refractivity contribution in [1.82, 2.24) is 5.32 Å². The van der Waals surface area contributed by atoms with E-state index in [-0.39, 0.29) is 6.10 Å². The molecule has 0 amide bonds. The summed E-state index contributed by atoms with van der Waals surface area (Å²) in [6.07, 6.45) is 0.886. The smallest absolute Gasteiger partial charge is 0.172 e. The van der Waals surface area contributed by atoms with E-state index in [0.717, 1.165) is 37.2 Å². The number of nitrogens with one attached hydrogen (secondary N) is 1. The highest BCUT2D eigenvalue weighted by Crippen LogP contribution is 2.39. The van der Waals surface area contributed by atoms with Crippen LogP contribution in [0.15, 0.2) is 36.4 Å². The van der Waals surface area contributed by atoms with Gasteiger partial charge in [0.25, 0.3) is 0 Å². The summed E-state index contributed by atoms with van der Waals surface area (Å²) in [5.41, 5.74) is 2.17. The summed E-state index contributed by atoms with van der Waals surface area (Å²) < 4.78 is 23.0. The third-order valence-electron chi connectivity index (χ3n) is 4.26. The molecule has 0 aromatic heterocycles. The van der Waals surface area contributed by atoms with E-state index in [1.54, 1.807) is 14.2 Å². The molecule has 1 aliphatic rings. The van der Waals surface area contributed by atoms with Crippen molar-refractivity contribution in [2.45, 2.75) is 19.4 Å². The van der Waals surface area contributed by atoms with Gasteiger partial charge >= 0.3 is 0 Å². The molecule has 1 heterocycles. The monoisotopic (exact) mass is 343 g/mol. The standard InChI is InChI=1S/C20H25NO4/c1-14-7-8-17(19(11-14)23-3)25-20-15(5-4-6-18(20)22-2)12-16-13-21-9-10-24-16/h4-8,11,16,21H,9-10,12-13H2,1-3H3/t16-/m0/s1. The molecule has 134 valence electrons. The highest BCUT2D eigenvalue weighted by atomic mass is 16.5. The Hall–Kier alpha value is -2.24. The van der Waals surface area contributed by atoms with Crippen LogP contribution in [0.25, 0.3) is 0 Å². The Bertz CT molecular complexity index is 711. The molecule has 1 atom stereocenters. The molecule has 2 aromatic rings. The van der Waals surface area contributed by atoms with Gasteiger partial charge < -0.3 is 24.3 Å². The Morgan fingerprint density at radius 2 is 1.92 bits per heavy atom. The molecule has 0 unspecified atom stereocenters. The van der Waals surface area contributed by atoms with Crippen LogP contribution in [0.4, 0.5) is 0 Å². The normalized spacial score (nSPS) is 17.2. The predicted octanol–water partition coefficient (Wildman–Crippen LogP) is 3.34. The van der Waals surface area contributed by atoms with E-state index >= 15 is 0 Å². The summed E-state index contributed by atoms with van der Waals surface area (Å²) in [5.74, 6) is 2.78. The van der Waals surface area contributed by atoms with Crippen molar-refractivity contribution in [3.63, 3.8) is 0 Å². The van der Waals surface area contributed by atoms with E-state index in [0.29, 0.717) is 23.0 Å². The van der Waals surface area contributed by atoms with Crippen LogP contribution >= 0.6 is 0 Å². The molecular weight excluding hydrogens is 318 g/mol. The zero-order chi connectivity index (χ0) is 17.6. The van der Waals surface area contributed by atoms with Gasteiger partial charge in [-0.1, -0.05) is 18.2 Å². The molecule has 1 saturated heterocycles. The molecule has 1 N–H and O–H groups in total. The number of aryl methyl sites for hydroxylation is 1. The second-order valence-electron chi connectivity index (χ2n) is 6.11. The largest absolute Gasteiger partial charge is 0.493 e. The summed E-state index contributed by atoms with van der Waals surface area (Å²) in [6, 6.07) is 11.8. The van der Waals surface area contributed by atoms with Gasteiger partial charge in [-0.05, 0) is 30.7 Å². The van der Waals surface area contributed by atoms with Gasteiger partial charge in [-0.2, -0.15) is 0 Å². The van der Waals surface area contributed by atoms with E-state index in [2.05, 4.69) is 11.4 Å². The third kappa shape index (κ3) is 4.24. The van der Waals surface area contributed by atoms with Gasteiger partial charge in [-0.25, -0.2) is 0 Å². The molecule has 0 saturated carbocycles. The molecule has 0 aliphatic carbocycles. The topological polar surface area (TPSA) is 49.0 Å². The van der Waals surface area contributed by atoms with Crippen LogP contribution in [0, 0.1) is 6.92 Å². The molecule has 2 aromatic carbocycles. The second-order valence-corrected chi connectivity index (χ2v) is 6.11. The maximum atomic E-state index is 6.22. The first-order valence-corrected chi connectivity index (χ1v) is 8.52. The Balaban J connectivity index is 1.91. The molecule has 25 heavy (non-hydrogen) atoms. The number of hydrogen-bond donors (Lipinski definition) is 1. The molecule has 0 spiro atoms. The molecule has 5 heteroatoms. The minimum atomic E-state index is 0.128. The fourth-order valence-electron chi connectivity index (χ4n) is 2.96. The van der Waals surface area contributed by atoms with Crippen molar-refractivity contribution < 1.29 is 18.9 Å². The van der Waals surface area contributed by atoms with Crippen molar-refractivity contribution in [1.29, 1.82) is 0 Å².